The Morgan fingerprint density at radius 3 is 2.37 bits per heavy atom. The number of anilines is 3. The first kappa shape index (κ1) is 18.7. The summed E-state index contributed by atoms with van der Waals surface area (Å²) in [5, 5.41) is 14.6. The molecule has 0 spiro atoms. The topological polar surface area (TPSA) is 70.2 Å². The first-order valence-electron chi connectivity index (χ1n) is 8.42. The van der Waals surface area contributed by atoms with Crippen LogP contribution in [0.1, 0.15) is 16.1 Å². The van der Waals surface area contributed by atoms with Crippen molar-refractivity contribution in [2.24, 2.45) is 0 Å². The van der Waals surface area contributed by atoms with E-state index in [1.165, 1.54) is 0 Å². The van der Waals surface area contributed by atoms with Gasteiger partial charge in [-0.3, -0.25) is 4.79 Å². The second kappa shape index (κ2) is 8.51. The largest absolute Gasteiger partial charge is 0.378 e. The van der Waals surface area contributed by atoms with E-state index in [4.69, 9.17) is 11.6 Å². The Hall–Kier alpha value is -3.12. The molecule has 0 aliphatic heterocycles. The summed E-state index contributed by atoms with van der Waals surface area (Å²) in [4.78, 5) is 14.2. The van der Waals surface area contributed by atoms with Crippen molar-refractivity contribution in [2.75, 3.05) is 24.3 Å². The predicted molar refractivity (Wildman–Crippen MR) is 109 cm³/mol. The van der Waals surface area contributed by atoms with Gasteiger partial charge in [0.2, 0.25) is 0 Å². The van der Waals surface area contributed by atoms with Crippen molar-refractivity contribution in [3.05, 3.63) is 76.9 Å². The van der Waals surface area contributed by atoms with E-state index in [2.05, 4.69) is 20.8 Å². The number of rotatable bonds is 6. The van der Waals surface area contributed by atoms with E-state index < -0.39 is 0 Å². The number of aromatic nitrogens is 2. The molecule has 3 rings (SSSR count). The predicted octanol–water partition coefficient (Wildman–Crippen LogP) is 3.87. The molecule has 2 aromatic carbocycles. The number of nitrogens with zero attached hydrogens (tertiary/aromatic N) is 3. The van der Waals surface area contributed by atoms with Crippen molar-refractivity contribution in [2.45, 2.75) is 6.54 Å². The van der Waals surface area contributed by atoms with Crippen molar-refractivity contribution in [1.29, 1.82) is 0 Å². The molecule has 0 atom stereocenters. The molecular formula is C20H20ClN5O. The second-order valence-electron chi connectivity index (χ2n) is 6.14. The molecule has 6 nitrogen and oxygen atoms in total. The van der Waals surface area contributed by atoms with Crippen LogP contribution in [0.4, 0.5) is 17.2 Å². The van der Waals surface area contributed by atoms with Crippen molar-refractivity contribution < 1.29 is 4.79 Å². The van der Waals surface area contributed by atoms with Gasteiger partial charge in [-0.15, -0.1) is 10.2 Å². The first-order chi connectivity index (χ1) is 13.0. The van der Waals surface area contributed by atoms with Crippen molar-refractivity contribution in [3.63, 3.8) is 0 Å². The van der Waals surface area contributed by atoms with Gasteiger partial charge in [-0.05, 0) is 48.0 Å². The highest BCUT2D eigenvalue weighted by Gasteiger charge is 2.09. The maximum absolute atomic E-state index is 12.2. The van der Waals surface area contributed by atoms with Gasteiger partial charge in [-0.25, -0.2) is 0 Å². The highest BCUT2D eigenvalue weighted by molar-refractivity contribution is 6.31. The molecule has 0 bridgehead atoms. The van der Waals surface area contributed by atoms with Crippen molar-refractivity contribution in [1.82, 2.24) is 15.5 Å². The van der Waals surface area contributed by atoms with Crippen LogP contribution in [-0.4, -0.2) is 30.2 Å². The van der Waals surface area contributed by atoms with Crippen LogP contribution in [0, 0.1) is 0 Å². The summed E-state index contributed by atoms with van der Waals surface area (Å²) in [5.74, 6) is 0.263. The van der Waals surface area contributed by atoms with Crippen LogP contribution in [0.5, 0.6) is 0 Å². The summed E-state index contributed by atoms with van der Waals surface area (Å²) < 4.78 is 0. The van der Waals surface area contributed by atoms with E-state index in [-0.39, 0.29) is 11.6 Å². The van der Waals surface area contributed by atoms with Crippen molar-refractivity contribution in [3.8, 4) is 0 Å². The minimum Gasteiger partial charge on any atom is -0.378 e. The summed E-state index contributed by atoms with van der Waals surface area (Å²) >= 11 is 6.09. The Morgan fingerprint density at radius 1 is 1.00 bits per heavy atom. The molecule has 1 aromatic heterocycles. The zero-order valence-corrected chi connectivity index (χ0v) is 15.9. The summed E-state index contributed by atoms with van der Waals surface area (Å²) in [6, 6.07) is 18.7. The van der Waals surface area contributed by atoms with Crippen LogP contribution in [0.3, 0.4) is 0 Å². The number of hydrogen-bond donors (Lipinski definition) is 2. The monoisotopic (exact) mass is 381 g/mol. The Bertz CT molecular complexity index is 910. The third-order valence-corrected chi connectivity index (χ3v) is 4.32. The molecule has 0 radical (unpaired) electrons. The lowest BCUT2D eigenvalue weighted by molar-refractivity contribution is 0.0945. The smallest absolute Gasteiger partial charge is 0.272 e. The fraction of sp³-hybridized carbons (Fsp3) is 0.150. The number of benzene rings is 2. The van der Waals surface area contributed by atoms with Crippen LogP contribution in [0.25, 0.3) is 0 Å². The molecule has 0 aliphatic rings. The number of hydrogen-bond acceptors (Lipinski definition) is 5. The molecule has 0 aliphatic carbocycles. The highest BCUT2D eigenvalue weighted by atomic mass is 35.5. The van der Waals surface area contributed by atoms with E-state index in [1.54, 1.807) is 18.2 Å². The maximum atomic E-state index is 12.2. The Morgan fingerprint density at radius 2 is 1.74 bits per heavy atom. The number of carbonyl (C=O) groups is 1. The number of amides is 1. The third-order valence-electron chi connectivity index (χ3n) is 3.95. The van der Waals surface area contributed by atoms with E-state index in [9.17, 15) is 4.79 Å². The third kappa shape index (κ3) is 4.95. The quantitative estimate of drug-likeness (QED) is 0.678. The fourth-order valence-corrected chi connectivity index (χ4v) is 2.62. The van der Waals surface area contributed by atoms with Crippen LogP contribution in [0.2, 0.25) is 5.02 Å². The highest BCUT2D eigenvalue weighted by Crippen LogP contribution is 2.19. The van der Waals surface area contributed by atoms with Crippen molar-refractivity contribution >= 4 is 34.7 Å². The van der Waals surface area contributed by atoms with Gasteiger partial charge in [-0.1, -0.05) is 29.8 Å². The summed E-state index contributed by atoms with van der Waals surface area (Å²) in [6.45, 7) is 0.332. The van der Waals surface area contributed by atoms with Crippen LogP contribution < -0.4 is 15.5 Å². The summed E-state index contributed by atoms with van der Waals surface area (Å²) in [5.41, 5.74) is 3.10. The normalized spacial score (nSPS) is 10.3. The molecule has 0 saturated carbocycles. The summed E-state index contributed by atoms with van der Waals surface area (Å²) in [7, 11) is 3.98. The second-order valence-corrected chi connectivity index (χ2v) is 6.55. The molecular weight excluding hydrogens is 362 g/mol. The molecule has 1 amide bonds. The van der Waals surface area contributed by atoms with Crippen LogP contribution in [-0.2, 0) is 6.54 Å². The van der Waals surface area contributed by atoms with Gasteiger partial charge in [0.05, 0.1) is 0 Å². The maximum Gasteiger partial charge on any atom is 0.272 e. The van der Waals surface area contributed by atoms with E-state index >= 15 is 0 Å². The van der Waals surface area contributed by atoms with Gasteiger partial charge < -0.3 is 15.5 Å². The van der Waals surface area contributed by atoms with E-state index in [1.807, 2.05) is 61.5 Å². The Kier molecular flexibility index (Phi) is 5.88. The molecule has 27 heavy (non-hydrogen) atoms. The Balaban J connectivity index is 1.59. The van der Waals surface area contributed by atoms with Gasteiger partial charge in [0.1, 0.15) is 0 Å². The van der Waals surface area contributed by atoms with E-state index in [0.29, 0.717) is 17.4 Å². The van der Waals surface area contributed by atoms with E-state index in [0.717, 1.165) is 16.9 Å². The molecule has 2 N–H and O–H groups in total. The van der Waals surface area contributed by atoms with Gasteiger partial charge in [0, 0.05) is 37.0 Å². The molecule has 1 heterocycles. The van der Waals surface area contributed by atoms with Gasteiger partial charge in [-0.2, -0.15) is 0 Å². The number of halogens is 1. The van der Waals surface area contributed by atoms with Gasteiger partial charge in [0.15, 0.2) is 11.5 Å². The zero-order chi connectivity index (χ0) is 19.2. The average Bonchev–Trinajstić information content (AvgIpc) is 2.68. The standard InChI is InChI=1S/C20H20ClN5O/c1-26(2)16-9-7-15(8-10-16)23-19-12-11-18(24-25-19)20(27)22-13-14-5-3-4-6-17(14)21/h3-12H,13H2,1-2H3,(H,22,27)(H,23,25). The van der Waals surface area contributed by atoms with Gasteiger partial charge in [0.25, 0.3) is 5.91 Å². The SMILES string of the molecule is CN(C)c1ccc(Nc2ccc(C(=O)NCc3ccccc3Cl)nn2)cc1. The molecule has 138 valence electrons. The molecule has 0 saturated heterocycles. The lowest BCUT2D eigenvalue weighted by Crippen LogP contribution is -2.24. The average molecular weight is 382 g/mol. The molecule has 0 unspecified atom stereocenters. The minimum absolute atomic E-state index is 0.246. The fourth-order valence-electron chi connectivity index (χ4n) is 2.42. The van der Waals surface area contributed by atoms with Crippen LogP contribution >= 0.6 is 11.6 Å². The Labute approximate surface area is 163 Å². The number of nitrogens with one attached hydrogen (secondary N) is 2. The van der Waals surface area contributed by atoms with Crippen LogP contribution in [0.15, 0.2) is 60.7 Å². The molecule has 3 aromatic rings. The first-order valence-corrected chi connectivity index (χ1v) is 8.80. The zero-order valence-electron chi connectivity index (χ0n) is 15.1. The summed E-state index contributed by atoms with van der Waals surface area (Å²) in [6.07, 6.45) is 0. The lowest BCUT2D eigenvalue weighted by Gasteiger charge is -2.13. The lowest BCUT2D eigenvalue weighted by atomic mass is 10.2. The molecule has 0 fully saturated rings. The molecule has 7 heteroatoms. The van der Waals surface area contributed by atoms with Gasteiger partial charge >= 0.3 is 0 Å². The number of carbonyl (C=O) groups excluding carboxylic acids is 1. The minimum atomic E-state index is -0.302.